The molecule has 0 bridgehead atoms. The largest absolute Gasteiger partial charge is 0.508 e. The van der Waals surface area contributed by atoms with Crippen LogP contribution in [0.3, 0.4) is 0 Å². The Hall–Kier alpha value is -3.80. The molecule has 0 heterocycles. The number of phenols is 1. The summed E-state index contributed by atoms with van der Waals surface area (Å²) in [5.41, 5.74) is 2.30. The molecular formula is C24H23NO5. The van der Waals surface area contributed by atoms with E-state index in [1.165, 1.54) is 17.0 Å². The van der Waals surface area contributed by atoms with Crippen LogP contribution in [0.1, 0.15) is 16.7 Å². The topological polar surface area (TPSA) is 87.1 Å². The predicted octanol–water partition coefficient (Wildman–Crippen LogP) is 4.23. The van der Waals surface area contributed by atoms with Gasteiger partial charge in [0.1, 0.15) is 18.4 Å². The van der Waals surface area contributed by atoms with E-state index in [4.69, 9.17) is 4.74 Å². The highest BCUT2D eigenvalue weighted by atomic mass is 16.6. The molecule has 0 aliphatic rings. The molecular weight excluding hydrogens is 382 g/mol. The van der Waals surface area contributed by atoms with E-state index in [-0.39, 0.29) is 25.3 Å². The van der Waals surface area contributed by atoms with E-state index in [2.05, 4.69) is 0 Å². The summed E-state index contributed by atoms with van der Waals surface area (Å²) < 4.78 is 5.43. The van der Waals surface area contributed by atoms with Gasteiger partial charge in [-0.05, 0) is 28.8 Å². The average Bonchev–Trinajstić information content (AvgIpc) is 2.77. The molecule has 3 aromatic carbocycles. The lowest BCUT2D eigenvalue weighted by atomic mass is 10.0. The monoisotopic (exact) mass is 405 g/mol. The van der Waals surface area contributed by atoms with Gasteiger partial charge in [0.25, 0.3) is 0 Å². The van der Waals surface area contributed by atoms with E-state index in [1.807, 2.05) is 60.7 Å². The molecule has 0 aliphatic carbocycles. The Bertz CT molecular complexity index is 958. The summed E-state index contributed by atoms with van der Waals surface area (Å²) in [6.07, 6.45) is -0.614. The van der Waals surface area contributed by atoms with Crippen molar-refractivity contribution in [1.82, 2.24) is 4.90 Å². The zero-order chi connectivity index (χ0) is 21.3. The van der Waals surface area contributed by atoms with Crippen LogP contribution in [0.25, 0.3) is 0 Å². The zero-order valence-corrected chi connectivity index (χ0v) is 16.3. The number of amides is 1. The second-order valence-corrected chi connectivity index (χ2v) is 6.88. The third-order valence-corrected chi connectivity index (χ3v) is 4.66. The lowest BCUT2D eigenvalue weighted by molar-refractivity contribution is -0.143. The molecule has 3 rings (SSSR count). The smallest absolute Gasteiger partial charge is 0.411 e. The van der Waals surface area contributed by atoms with Crippen LogP contribution in [-0.2, 0) is 29.1 Å². The van der Waals surface area contributed by atoms with Gasteiger partial charge in [0.15, 0.2) is 0 Å². The summed E-state index contributed by atoms with van der Waals surface area (Å²) in [6, 6.07) is 23.5. The van der Waals surface area contributed by atoms with Crippen molar-refractivity contribution >= 4 is 12.1 Å². The van der Waals surface area contributed by atoms with Crippen molar-refractivity contribution in [2.24, 2.45) is 0 Å². The normalized spacial score (nSPS) is 11.5. The van der Waals surface area contributed by atoms with Crippen molar-refractivity contribution in [2.75, 3.05) is 0 Å². The van der Waals surface area contributed by atoms with E-state index in [1.54, 1.807) is 12.1 Å². The van der Waals surface area contributed by atoms with Crippen LogP contribution in [0.2, 0.25) is 0 Å². The first-order chi connectivity index (χ1) is 14.5. The van der Waals surface area contributed by atoms with Gasteiger partial charge in [0, 0.05) is 13.0 Å². The number of ether oxygens (including phenoxy) is 1. The molecule has 0 saturated carbocycles. The Balaban J connectivity index is 1.82. The number of phenolic OH excluding ortho intramolecular Hbond substituents is 1. The fraction of sp³-hybridized carbons (Fsp3) is 0.167. The highest BCUT2D eigenvalue weighted by molar-refractivity contribution is 5.80. The number of benzene rings is 3. The number of hydrogen-bond acceptors (Lipinski definition) is 4. The van der Waals surface area contributed by atoms with Gasteiger partial charge in [-0.3, -0.25) is 4.90 Å². The Morgan fingerprint density at radius 2 is 1.37 bits per heavy atom. The number of rotatable bonds is 8. The van der Waals surface area contributed by atoms with Crippen LogP contribution in [0, 0.1) is 0 Å². The summed E-state index contributed by atoms with van der Waals surface area (Å²) in [6.45, 7) is 0.153. The first-order valence-corrected chi connectivity index (χ1v) is 9.55. The van der Waals surface area contributed by atoms with Gasteiger partial charge in [0.2, 0.25) is 0 Å². The molecule has 6 heteroatoms. The minimum Gasteiger partial charge on any atom is -0.508 e. The van der Waals surface area contributed by atoms with Gasteiger partial charge in [-0.15, -0.1) is 0 Å². The predicted molar refractivity (Wildman–Crippen MR) is 112 cm³/mol. The Morgan fingerprint density at radius 1 is 0.800 bits per heavy atom. The molecule has 30 heavy (non-hydrogen) atoms. The van der Waals surface area contributed by atoms with Crippen LogP contribution in [0.4, 0.5) is 4.79 Å². The van der Waals surface area contributed by atoms with Gasteiger partial charge in [-0.1, -0.05) is 72.8 Å². The van der Waals surface area contributed by atoms with E-state index < -0.39 is 18.1 Å². The lowest BCUT2D eigenvalue weighted by Crippen LogP contribution is -2.46. The van der Waals surface area contributed by atoms with Crippen molar-refractivity contribution < 1.29 is 24.5 Å². The minimum absolute atomic E-state index is 0.0521. The first kappa shape index (κ1) is 20.9. The molecule has 0 aromatic heterocycles. The Morgan fingerprint density at radius 3 is 1.93 bits per heavy atom. The summed E-state index contributed by atoms with van der Waals surface area (Å²) in [4.78, 5) is 26.2. The molecule has 154 valence electrons. The number of carbonyl (C=O) groups is 2. The minimum atomic E-state index is -1.13. The van der Waals surface area contributed by atoms with Crippen molar-refractivity contribution in [2.45, 2.75) is 25.6 Å². The van der Waals surface area contributed by atoms with Gasteiger partial charge >= 0.3 is 12.1 Å². The number of aliphatic carboxylic acids is 1. The SMILES string of the molecule is O=C(O)C(Cc1ccc(O)cc1)N(Cc1ccccc1)C(=O)OCc1ccccc1. The fourth-order valence-corrected chi connectivity index (χ4v) is 3.07. The number of aromatic hydroxyl groups is 1. The van der Waals surface area contributed by atoms with Gasteiger partial charge < -0.3 is 14.9 Å². The molecule has 3 aromatic rings. The summed E-state index contributed by atoms with van der Waals surface area (Å²) in [5.74, 6) is -1.04. The molecule has 2 N–H and O–H groups in total. The van der Waals surface area contributed by atoms with E-state index in [0.29, 0.717) is 5.56 Å². The highest BCUT2D eigenvalue weighted by Crippen LogP contribution is 2.18. The van der Waals surface area contributed by atoms with Crippen LogP contribution in [0.15, 0.2) is 84.9 Å². The molecule has 0 fully saturated rings. The number of hydrogen-bond donors (Lipinski definition) is 2. The molecule has 1 atom stereocenters. The van der Waals surface area contributed by atoms with Crippen molar-refractivity contribution in [3.05, 3.63) is 102 Å². The first-order valence-electron chi connectivity index (χ1n) is 9.55. The fourth-order valence-electron chi connectivity index (χ4n) is 3.07. The second kappa shape index (κ2) is 10.1. The summed E-state index contributed by atoms with van der Waals surface area (Å²) in [7, 11) is 0. The van der Waals surface area contributed by atoms with Gasteiger partial charge in [-0.25, -0.2) is 9.59 Å². The Kier molecular flexibility index (Phi) is 7.05. The van der Waals surface area contributed by atoms with Crippen LogP contribution < -0.4 is 0 Å². The van der Waals surface area contributed by atoms with Gasteiger partial charge in [0.05, 0.1) is 0 Å². The summed E-state index contributed by atoms with van der Waals surface area (Å²) in [5, 5.41) is 19.3. The third kappa shape index (κ3) is 5.85. The maximum absolute atomic E-state index is 12.9. The van der Waals surface area contributed by atoms with Crippen LogP contribution in [-0.4, -0.2) is 33.2 Å². The Labute approximate surface area is 175 Å². The molecule has 1 unspecified atom stereocenters. The molecule has 1 amide bonds. The van der Waals surface area contributed by atoms with E-state index in [0.717, 1.165) is 11.1 Å². The second-order valence-electron chi connectivity index (χ2n) is 6.88. The van der Waals surface area contributed by atoms with Crippen molar-refractivity contribution in [3.63, 3.8) is 0 Å². The van der Waals surface area contributed by atoms with Gasteiger partial charge in [-0.2, -0.15) is 0 Å². The standard InChI is InChI=1S/C24H23NO5/c26-21-13-11-18(12-14-21)15-22(23(27)28)25(16-19-7-3-1-4-8-19)24(29)30-17-20-9-5-2-6-10-20/h1-14,22,26H,15-17H2,(H,27,28). The van der Waals surface area contributed by atoms with E-state index >= 15 is 0 Å². The zero-order valence-electron chi connectivity index (χ0n) is 16.3. The number of carbonyl (C=O) groups excluding carboxylic acids is 1. The van der Waals surface area contributed by atoms with Crippen molar-refractivity contribution in [1.29, 1.82) is 0 Å². The maximum Gasteiger partial charge on any atom is 0.411 e. The third-order valence-electron chi connectivity index (χ3n) is 4.66. The van der Waals surface area contributed by atoms with Crippen LogP contribution >= 0.6 is 0 Å². The average molecular weight is 405 g/mol. The number of carboxylic acids is 1. The van der Waals surface area contributed by atoms with E-state index in [9.17, 15) is 19.8 Å². The molecule has 6 nitrogen and oxygen atoms in total. The summed E-state index contributed by atoms with van der Waals surface area (Å²) >= 11 is 0. The molecule has 0 radical (unpaired) electrons. The number of carboxylic acid groups (broad SMARTS) is 1. The maximum atomic E-state index is 12.9. The molecule has 0 aliphatic heterocycles. The molecule has 0 spiro atoms. The molecule has 0 saturated heterocycles. The highest BCUT2D eigenvalue weighted by Gasteiger charge is 2.31. The van der Waals surface area contributed by atoms with Crippen LogP contribution in [0.5, 0.6) is 5.75 Å². The number of nitrogens with zero attached hydrogens (tertiary/aromatic N) is 1. The van der Waals surface area contributed by atoms with Crippen molar-refractivity contribution in [3.8, 4) is 5.75 Å². The quantitative estimate of drug-likeness (QED) is 0.586. The lowest BCUT2D eigenvalue weighted by Gasteiger charge is -2.28.